The highest BCUT2D eigenvalue weighted by molar-refractivity contribution is 6.05. The summed E-state index contributed by atoms with van der Waals surface area (Å²) in [6, 6.07) is 15.0. The van der Waals surface area contributed by atoms with Gasteiger partial charge >= 0.3 is 0 Å². The van der Waals surface area contributed by atoms with Gasteiger partial charge in [-0.1, -0.05) is 30.3 Å². The SMILES string of the molecule is Cc1cccc(NC(=O)c2nn(-c3ccccc3)cc2O)c1C. The zero-order valence-electron chi connectivity index (χ0n) is 12.9. The van der Waals surface area contributed by atoms with Gasteiger partial charge in [0.15, 0.2) is 11.4 Å². The lowest BCUT2D eigenvalue weighted by atomic mass is 10.1. The monoisotopic (exact) mass is 307 g/mol. The molecule has 5 nitrogen and oxygen atoms in total. The van der Waals surface area contributed by atoms with Gasteiger partial charge in [0.2, 0.25) is 0 Å². The molecule has 0 saturated heterocycles. The van der Waals surface area contributed by atoms with Crippen LogP contribution in [0.3, 0.4) is 0 Å². The van der Waals surface area contributed by atoms with E-state index >= 15 is 0 Å². The largest absolute Gasteiger partial charge is 0.504 e. The number of aromatic nitrogens is 2. The van der Waals surface area contributed by atoms with Crippen LogP contribution in [0, 0.1) is 13.8 Å². The van der Waals surface area contributed by atoms with E-state index in [9.17, 15) is 9.90 Å². The van der Waals surface area contributed by atoms with Crippen molar-refractivity contribution >= 4 is 11.6 Å². The van der Waals surface area contributed by atoms with Crippen molar-refractivity contribution in [1.29, 1.82) is 0 Å². The number of benzene rings is 2. The fourth-order valence-corrected chi connectivity index (χ4v) is 2.31. The lowest BCUT2D eigenvalue weighted by Crippen LogP contribution is -2.14. The van der Waals surface area contributed by atoms with Gasteiger partial charge in [-0.05, 0) is 43.2 Å². The van der Waals surface area contributed by atoms with E-state index in [0.717, 1.165) is 16.8 Å². The molecule has 0 radical (unpaired) electrons. The lowest BCUT2D eigenvalue weighted by molar-refractivity contribution is 0.101. The van der Waals surface area contributed by atoms with E-state index in [1.807, 2.05) is 62.4 Å². The summed E-state index contributed by atoms with van der Waals surface area (Å²) < 4.78 is 1.48. The Labute approximate surface area is 134 Å². The van der Waals surface area contributed by atoms with Crippen LogP contribution < -0.4 is 5.32 Å². The number of rotatable bonds is 3. The Morgan fingerprint density at radius 2 is 1.83 bits per heavy atom. The quantitative estimate of drug-likeness (QED) is 0.779. The molecular formula is C18H17N3O2. The van der Waals surface area contributed by atoms with Crippen LogP contribution in [0.2, 0.25) is 0 Å². The maximum Gasteiger partial charge on any atom is 0.280 e. The molecule has 2 aromatic carbocycles. The summed E-state index contributed by atoms with van der Waals surface area (Å²) in [4.78, 5) is 12.4. The maximum atomic E-state index is 12.4. The third-order valence-corrected chi connectivity index (χ3v) is 3.78. The number of aromatic hydroxyl groups is 1. The molecule has 0 bridgehead atoms. The number of hydrogen-bond donors (Lipinski definition) is 2. The Morgan fingerprint density at radius 1 is 1.09 bits per heavy atom. The zero-order valence-corrected chi connectivity index (χ0v) is 12.9. The number of para-hydroxylation sites is 1. The van der Waals surface area contributed by atoms with Crippen molar-refractivity contribution in [2.45, 2.75) is 13.8 Å². The number of carbonyl (C=O) groups excluding carboxylic acids is 1. The van der Waals surface area contributed by atoms with Crippen LogP contribution >= 0.6 is 0 Å². The second kappa shape index (κ2) is 5.96. The Hall–Kier alpha value is -3.08. The molecule has 2 N–H and O–H groups in total. The number of hydrogen-bond acceptors (Lipinski definition) is 3. The van der Waals surface area contributed by atoms with Gasteiger partial charge in [0.1, 0.15) is 0 Å². The molecule has 23 heavy (non-hydrogen) atoms. The number of amides is 1. The average molecular weight is 307 g/mol. The topological polar surface area (TPSA) is 67.2 Å². The highest BCUT2D eigenvalue weighted by Crippen LogP contribution is 2.22. The predicted octanol–water partition coefficient (Wildman–Crippen LogP) is 3.45. The molecule has 3 aromatic rings. The second-order valence-electron chi connectivity index (χ2n) is 5.34. The van der Waals surface area contributed by atoms with Gasteiger partial charge in [-0.2, -0.15) is 5.10 Å². The van der Waals surface area contributed by atoms with Crippen LogP contribution in [0.5, 0.6) is 5.75 Å². The normalized spacial score (nSPS) is 10.5. The van der Waals surface area contributed by atoms with E-state index in [1.54, 1.807) is 0 Å². The van der Waals surface area contributed by atoms with Gasteiger partial charge in [-0.15, -0.1) is 0 Å². The lowest BCUT2D eigenvalue weighted by Gasteiger charge is -2.09. The van der Waals surface area contributed by atoms with E-state index in [0.29, 0.717) is 5.69 Å². The highest BCUT2D eigenvalue weighted by atomic mass is 16.3. The number of nitrogens with zero attached hydrogens (tertiary/aromatic N) is 2. The third-order valence-electron chi connectivity index (χ3n) is 3.78. The molecule has 0 aliphatic rings. The summed E-state index contributed by atoms with van der Waals surface area (Å²) in [5, 5.41) is 17.0. The van der Waals surface area contributed by atoms with Gasteiger partial charge in [-0.25, -0.2) is 4.68 Å². The average Bonchev–Trinajstić information content (AvgIpc) is 2.95. The van der Waals surface area contributed by atoms with Crippen molar-refractivity contribution in [3.05, 3.63) is 71.5 Å². The summed E-state index contributed by atoms with van der Waals surface area (Å²) in [5.74, 6) is -0.595. The minimum atomic E-state index is -0.439. The van der Waals surface area contributed by atoms with Crippen molar-refractivity contribution in [2.24, 2.45) is 0 Å². The van der Waals surface area contributed by atoms with Crippen LogP contribution in [-0.4, -0.2) is 20.8 Å². The Kier molecular flexibility index (Phi) is 3.85. The summed E-state index contributed by atoms with van der Waals surface area (Å²) in [6.07, 6.45) is 1.42. The molecule has 0 aliphatic carbocycles. The minimum absolute atomic E-state index is 0.00485. The number of carbonyl (C=O) groups is 1. The number of nitrogens with one attached hydrogen (secondary N) is 1. The first kappa shape index (κ1) is 14.8. The van der Waals surface area contributed by atoms with Crippen molar-refractivity contribution in [1.82, 2.24) is 9.78 Å². The molecule has 5 heteroatoms. The van der Waals surface area contributed by atoms with Crippen molar-refractivity contribution < 1.29 is 9.90 Å². The molecule has 0 spiro atoms. The van der Waals surface area contributed by atoms with Crippen LogP contribution in [0.1, 0.15) is 21.6 Å². The van der Waals surface area contributed by atoms with Gasteiger partial charge in [-0.3, -0.25) is 4.79 Å². The van der Waals surface area contributed by atoms with Gasteiger partial charge in [0.05, 0.1) is 11.9 Å². The molecule has 1 aromatic heterocycles. The van der Waals surface area contributed by atoms with Crippen molar-refractivity contribution in [3.8, 4) is 11.4 Å². The van der Waals surface area contributed by atoms with Crippen LogP contribution in [0.15, 0.2) is 54.7 Å². The molecule has 0 unspecified atom stereocenters. The summed E-state index contributed by atoms with van der Waals surface area (Å²) in [6.45, 7) is 3.92. The summed E-state index contributed by atoms with van der Waals surface area (Å²) in [5.41, 5.74) is 3.55. The van der Waals surface area contributed by atoms with Gasteiger partial charge < -0.3 is 10.4 Å². The first-order chi connectivity index (χ1) is 11.1. The molecule has 0 saturated carbocycles. The number of anilines is 1. The van der Waals surface area contributed by atoms with Crippen LogP contribution in [0.25, 0.3) is 5.69 Å². The predicted molar refractivity (Wildman–Crippen MR) is 89.1 cm³/mol. The van der Waals surface area contributed by atoms with E-state index in [2.05, 4.69) is 10.4 Å². The van der Waals surface area contributed by atoms with Crippen LogP contribution in [0.4, 0.5) is 5.69 Å². The van der Waals surface area contributed by atoms with E-state index in [1.165, 1.54) is 10.9 Å². The van der Waals surface area contributed by atoms with E-state index in [-0.39, 0.29) is 11.4 Å². The first-order valence-corrected chi connectivity index (χ1v) is 7.28. The Balaban J connectivity index is 1.89. The molecule has 0 aliphatic heterocycles. The fourth-order valence-electron chi connectivity index (χ4n) is 2.31. The molecule has 0 atom stereocenters. The first-order valence-electron chi connectivity index (χ1n) is 7.28. The zero-order chi connectivity index (χ0) is 16.4. The summed E-state index contributed by atoms with van der Waals surface area (Å²) >= 11 is 0. The summed E-state index contributed by atoms with van der Waals surface area (Å²) in [7, 11) is 0. The van der Waals surface area contributed by atoms with Crippen molar-refractivity contribution in [2.75, 3.05) is 5.32 Å². The standard InChI is InChI=1S/C18H17N3O2/c1-12-7-6-10-15(13(12)2)19-18(23)17-16(22)11-21(20-17)14-8-4-3-5-9-14/h3-11,22H,1-2H3,(H,19,23). The molecule has 1 amide bonds. The fraction of sp³-hybridized carbons (Fsp3) is 0.111. The third kappa shape index (κ3) is 2.94. The van der Waals surface area contributed by atoms with Gasteiger partial charge in [0.25, 0.3) is 5.91 Å². The minimum Gasteiger partial charge on any atom is -0.504 e. The van der Waals surface area contributed by atoms with Crippen LogP contribution in [-0.2, 0) is 0 Å². The van der Waals surface area contributed by atoms with E-state index < -0.39 is 5.91 Å². The highest BCUT2D eigenvalue weighted by Gasteiger charge is 2.18. The molecule has 3 rings (SSSR count). The molecule has 116 valence electrons. The molecule has 1 heterocycles. The molecular weight excluding hydrogens is 290 g/mol. The maximum absolute atomic E-state index is 12.4. The molecule has 0 fully saturated rings. The van der Waals surface area contributed by atoms with Crippen molar-refractivity contribution in [3.63, 3.8) is 0 Å². The Bertz CT molecular complexity index is 854. The second-order valence-corrected chi connectivity index (χ2v) is 5.34. The van der Waals surface area contributed by atoms with E-state index in [4.69, 9.17) is 0 Å². The van der Waals surface area contributed by atoms with Gasteiger partial charge in [0, 0.05) is 5.69 Å². The Morgan fingerprint density at radius 3 is 2.57 bits per heavy atom. The number of aryl methyl sites for hydroxylation is 1. The smallest absolute Gasteiger partial charge is 0.280 e.